The minimum atomic E-state index is -3.49. The van der Waals surface area contributed by atoms with Gasteiger partial charge in [-0.15, -0.1) is 11.3 Å². The van der Waals surface area contributed by atoms with E-state index in [-0.39, 0.29) is 5.91 Å². The Morgan fingerprint density at radius 2 is 1.86 bits per heavy atom. The molecule has 1 unspecified atom stereocenters. The van der Waals surface area contributed by atoms with Gasteiger partial charge in [-0.3, -0.25) is 4.79 Å². The number of amides is 1. The van der Waals surface area contributed by atoms with Crippen LogP contribution < -0.4 is 0 Å². The molecule has 1 fully saturated rings. The van der Waals surface area contributed by atoms with E-state index in [1.807, 2.05) is 30.3 Å². The maximum Gasteiger partial charge on any atom is 0.264 e. The molecule has 0 saturated carbocycles. The average Bonchev–Trinajstić information content (AvgIpc) is 3.16. The van der Waals surface area contributed by atoms with E-state index >= 15 is 0 Å². The first kappa shape index (κ1) is 20.3. The molecule has 0 radical (unpaired) electrons. The lowest BCUT2D eigenvalue weighted by atomic mass is 9.90. The van der Waals surface area contributed by atoms with Crippen LogP contribution in [-0.4, -0.2) is 49.7 Å². The van der Waals surface area contributed by atoms with Crippen LogP contribution in [0, 0.1) is 5.92 Å². The van der Waals surface area contributed by atoms with E-state index in [1.54, 1.807) is 22.3 Å². The first-order valence-electron chi connectivity index (χ1n) is 10.1. The molecule has 0 bridgehead atoms. The van der Waals surface area contributed by atoms with Gasteiger partial charge in [0.25, 0.3) is 5.91 Å². The van der Waals surface area contributed by atoms with Crippen molar-refractivity contribution in [1.29, 1.82) is 0 Å². The molecule has 2 aromatic rings. The Balaban J connectivity index is 1.38. The highest BCUT2D eigenvalue weighted by Gasteiger charge is 2.29. The molecular formula is C22H26N2O3S2. The van der Waals surface area contributed by atoms with Gasteiger partial charge in [-0.25, -0.2) is 8.42 Å². The number of thiophene rings is 1. The summed E-state index contributed by atoms with van der Waals surface area (Å²) in [6.45, 7) is 3.77. The molecular weight excluding hydrogens is 404 g/mol. The van der Waals surface area contributed by atoms with Gasteiger partial charge in [-0.05, 0) is 48.4 Å². The van der Waals surface area contributed by atoms with E-state index < -0.39 is 10.0 Å². The van der Waals surface area contributed by atoms with Crippen LogP contribution >= 0.6 is 11.3 Å². The van der Waals surface area contributed by atoms with E-state index in [1.165, 1.54) is 26.6 Å². The van der Waals surface area contributed by atoms with E-state index in [9.17, 15) is 13.2 Å². The number of hydrogen-bond acceptors (Lipinski definition) is 4. The lowest BCUT2D eigenvalue weighted by Gasteiger charge is -2.33. The zero-order chi connectivity index (χ0) is 20.4. The molecule has 1 aromatic carbocycles. The number of aryl methyl sites for hydroxylation is 1. The van der Waals surface area contributed by atoms with Crippen LogP contribution in [0.4, 0.5) is 0 Å². The SMILES string of the molecule is CC1CCc2sc(C(=O)N3CCN(S(=O)(=O)C=Cc4ccccc4)CC3)cc2C1. The third-order valence-corrected chi connectivity index (χ3v) is 8.45. The Kier molecular flexibility index (Phi) is 5.90. The predicted octanol–water partition coefficient (Wildman–Crippen LogP) is 3.63. The smallest absolute Gasteiger partial charge is 0.264 e. The number of nitrogens with zero attached hydrogens (tertiary/aromatic N) is 2. The van der Waals surface area contributed by atoms with Gasteiger partial charge in [-0.1, -0.05) is 37.3 Å². The number of fused-ring (bicyclic) bond motifs is 1. The fraction of sp³-hybridized carbons (Fsp3) is 0.409. The van der Waals surface area contributed by atoms with Crippen molar-refractivity contribution in [2.75, 3.05) is 26.2 Å². The standard InChI is InChI=1S/C22H26N2O3S2/c1-17-7-8-20-19(15-17)16-21(28-20)22(25)23-10-12-24(13-11-23)29(26,27)14-9-18-5-3-2-4-6-18/h2-6,9,14,16-17H,7-8,10-13,15H2,1H3. The lowest BCUT2D eigenvalue weighted by Crippen LogP contribution is -2.49. The van der Waals surface area contributed by atoms with Gasteiger partial charge in [0.1, 0.15) is 0 Å². The molecule has 1 saturated heterocycles. The van der Waals surface area contributed by atoms with Crippen LogP contribution in [0.1, 0.15) is 39.0 Å². The molecule has 2 heterocycles. The highest BCUT2D eigenvalue weighted by Crippen LogP contribution is 2.33. The minimum absolute atomic E-state index is 0.0360. The third kappa shape index (κ3) is 4.63. The molecule has 7 heteroatoms. The van der Waals surface area contributed by atoms with Crippen LogP contribution in [-0.2, 0) is 22.9 Å². The molecule has 154 valence electrons. The van der Waals surface area contributed by atoms with Gasteiger partial charge >= 0.3 is 0 Å². The summed E-state index contributed by atoms with van der Waals surface area (Å²) in [5.41, 5.74) is 2.17. The maximum atomic E-state index is 12.9. The first-order chi connectivity index (χ1) is 13.9. The van der Waals surface area contributed by atoms with Crippen molar-refractivity contribution in [3.05, 3.63) is 62.7 Å². The van der Waals surface area contributed by atoms with Crippen LogP contribution in [0.5, 0.6) is 0 Å². The van der Waals surface area contributed by atoms with Gasteiger partial charge in [0, 0.05) is 36.5 Å². The number of sulfonamides is 1. The summed E-state index contributed by atoms with van der Waals surface area (Å²) in [7, 11) is -3.49. The molecule has 0 spiro atoms. The minimum Gasteiger partial charge on any atom is -0.335 e. The number of piperazine rings is 1. The van der Waals surface area contributed by atoms with Crippen molar-refractivity contribution in [3.8, 4) is 0 Å². The Morgan fingerprint density at radius 1 is 1.14 bits per heavy atom. The summed E-state index contributed by atoms with van der Waals surface area (Å²) in [6, 6.07) is 11.4. The van der Waals surface area contributed by atoms with Crippen LogP contribution in [0.2, 0.25) is 0 Å². The quantitative estimate of drug-likeness (QED) is 0.744. The number of hydrogen-bond donors (Lipinski definition) is 0. The third-order valence-electron chi connectivity index (χ3n) is 5.66. The monoisotopic (exact) mass is 430 g/mol. The zero-order valence-corrected chi connectivity index (χ0v) is 18.2. The van der Waals surface area contributed by atoms with E-state index in [0.717, 1.165) is 23.3 Å². The van der Waals surface area contributed by atoms with Crippen molar-refractivity contribution in [2.24, 2.45) is 5.92 Å². The normalized spacial score (nSPS) is 20.7. The second kappa shape index (κ2) is 8.42. The fourth-order valence-electron chi connectivity index (χ4n) is 3.93. The second-order valence-corrected chi connectivity index (χ2v) is 10.8. The number of rotatable bonds is 4. The molecule has 2 aliphatic rings. The van der Waals surface area contributed by atoms with Crippen molar-refractivity contribution < 1.29 is 13.2 Å². The highest BCUT2D eigenvalue weighted by atomic mass is 32.2. The Labute approximate surface area is 176 Å². The molecule has 5 nitrogen and oxygen atoms in total. The van der Waals surface area contributed by atoms with Crippen molar-refractivity contribution in [3.63, 3.8) is 0 Å². The Bertz CT molecular complexity index is 1000. The van der Waals surface area contributed by atoms with Crippen LogP contribution in [0.15, 0.2) is 41.8 Å². The average molecular weight is 431 g/mol. The van der Waals surface area contributed by atoms with Crippen molar-refractivity contribution in [2.45, 2.75) is 26.2 Å². The van der Waals surface area contributed by atoms with E-state index in [0.29, 0.717) is 32.1 Å². The summed E-state index contributed by atoms with van der Waals surface area (Å²) < 4.78 is 26.7. The summed E-state index contributed by atoms with van der Waals surface area (Å²) in [6.07, 6.45) is 4.92. The predicted molar refractivity (Wildman–Crippen MR) is 117 cm³/mol. The van der Waals surface area contributed by atoms with Crippen LogP contribution in [0.25, 0.3) is 6.08 Å². The zero-order valence-electron chi connectivity index (χ0n) is 16.6. The van der Waals surface area contributed by atoms with Crippen molar-refractivity contribution >= 4 is 33.3 Å². The first-order valence-corrected chi connectivity index (χ1v) is 12.4. The summed E-state index contributed by atoms with van der Waals surface area (Å²) in [4.78, 5) is 16.8. The molecule has 1 aromatic heterocycles. The molecule has 1 aliphatic heterocycles. The van der Waals surface area contributed by atoms with Gasteiger partial charge in [-0.2, -0.15) is 4.31 Å². The lowest BCUT2D eigenvalue weighted by molar-refractivity contribution is 0.0703. The number of carbonyl (C=O) groups is 1. The Hall–Kier alpha value is -1.96. The summed E-state index contributed by atoms with van der Waals surface area (Å²) >= 11 is 1.62. The number of benzene rings is 1. The van der Waals surface area contributed by atoms with Crippen molar-refractivity contribution in [1.82, 2.24) is 9.21 Å². The van der Waals surface area contributed by atoms with Crippen LogP contribution in [0.3, 0.4) is 0 Å². The number of carbonyl (C=O) groups excluding carboxylic acids is 1. The fourth-order valence-corrected chi connectivity index (χ4v) is 6.28. The molecule has 1 aliphatic carbocycles. The van der Waals surface area contributed by atoms with Gasteiger partial charge in [0.15, 0.2) is 0 Å². The topological polar surface area (TPSA) is 57.7 Å². The Morgan fingerprint density at radius 3 is 2.59 bits per heavy atom. The van der Waals surface area contributed by atoms with E-state index in [4.69, 9.17) is 0 Å². The second-order valence-electron chi connectivity index (χ2n) is 7.86. The van der Waals surface area contributed by atoms with Gasteiger partial charge < -0.3 is 4.90 Å². The van der Waals surface area contributed by atoms with Gasteiger partial charge in [0.2, 0.25) is 10.0 Å². The summed E-state index contributed by atoms with van der Waals surface area (Å²) in [5, 5.41) is 1.26. The molecule has 4 rings (SSSR count). The maximum absolute atomic E-state index is 12.9. The molecule has 1 atom stereocenters. The summed E-state index contributed by atoms with van der Waals surface area (Å²) in [5.74, 6) is 0.715. The molecule has 1 amide bonds. The van der Waals surface area contributed by atoms with E-state index in [2.05, 4.69) is 13.0 Å². The van der Waals surface area contributed by atoms with Gasteiger partial charge in [0.05, 0.1) is 4.88 Å². The molecule has 0 N–H and O–H groups in total. The molecule has 29 heavy (non-hydrogen) atoms. The highest BCUT2D eigenvalue weighted by molar-refractivity contribution is 7.92. The largest absolute Gasteiger partial charge is 0.335 e.